The normalized spacial score (nSPS) is 12.6. The Labute approximate surface area is 266 Å². The van der Waals surface area contributed by atoms with Gasteiger partial charge in [0.2, 0.25) is 27.7 Å². The van der Waals surface area contributed by atoms with Crippen LogP contribution in [0.15, 0.2) is 48.7 Å². The number of carboxylic acids is 1. The Morgan fingerprint density at radius 3 is 2.37 bits per heavy atom. The highest BCUT2D eigenvalue weighted by molar-refractivity contribution is 7.89. The Hall–Kier alpha value is -4.96. The van der Waals surface area contributed by atoms with E-state index in [0.717, 1.165) is 0 Å². The molecule has 0 unspecified atom stereocenters. The number of carbonyl (C=O) groups excluding carboxylic acids is 3. The predicted molar refractivity (Wildman–Crippen MR) is 170 cm³/mol. The number of ether oxygens (including phenoxy) is 1. The number of rotatable bonds is 19. The third-order valence-electron chi connectivity index (χ3n) is 7.03. The summed E-state index contributed by atoms with van der Waals surface area (Å²) >= 11 is 0. The zero-order valence-corrected chi connectivity index (χ0v) is 26.1. The largest absolute Gasteiger partial charge is 0.494 e. The van der Waals surface area contributed by atoms with Crippen molar-refractivity contribution in [3.63, 3.8) is 0 Å². The highest BCUT2D eigenvalue weighted by Gasteiger charge is 2.29. The fourth-order valence-electron chi connectivity index (χ4n) is 4.48. The van der Waals surface area contributed by atoms with Gasteiger partial charge in [-0.1, -0.05) is 24.3 Å². The molecule has 0 aliphatic carbocycles. The van der Waals surface area contributed by atoms with Gasteiger partial charge in [-0.25, -0.2) is 13.1 Å². The lowest BCUT2D eigenvalue weighted by atomic mass is 10.0. The van der Waals surface area contributed by atoms with Crippen LogP contribution in [0.4, 0.5) is 0 Å². The number of aliphatic carboxylic acids is 1. The van der Waals surface area contributed by atoms with Gasteiger partial charge in [0.05, 0.1) is 12.4 Å². The first-order chi connectivity index (χ1) is 21.8. The average molecular weight is 658 g/mol. The topological polar surface area (TPSA) is 260 Å². The van der Waals surface area contributed by atoms with Crippen LogP contribution in [0.3, 0.4) is 0 Å². The molecule has 0 spiro atoms. The number of hydrogen-bond acceptors (Lipinski definition) is 8. The summed E-state index contributed by atoms with van der Waals surface area (Å²) in [7, 11) is -3.88. The van der Waals surface area contributed by atoms with Crippen molar-refractivity contribution in [2.24, 2.45) is 11.5 Å². The molecular formula is C30H39N7O8S. The summed E-state index contributed by atoms with van der Waals surface area (Å²) in [6.07, 6.45) is 1.46. The number of amides is 3. The summed E-state index contributed by atoms with van der Waals surface area (Å²) in [6.45, 7) is 1.67. The van der Waals surface area contributed by atoms with Gasteiger partial charge < -0.3 is 36.9 Å². The lowest BCUT2D eigenvalue weighted by molar-refractivity contribution is -0.137. The van der Waals surface area contributed by atoms with Gasteiger partial charge in [-0.3, -0.25) is 24.6 Å². The second-order valence-electron chi connectivity index (χ2n) is 10.5. The van der Waals surface area contributed by atoms with Crippen LogP contribution < -0.4 is 31.6 Å². The molecule has 3 aromatic rings. The van der Waals surface area contributed by atoms with Crippen molar-refractivity contribution in [2.75, 3.05) is 12.4 Å². The molecule has 1 aromatic heterocycles. The zero-order chi connectivity index (χ0) is 33.9. The number of hydrogen-bond donors (Lipinski definition) is 8. The van der Waals surface area contributed by atoms with Crippen LogP contribution in [0.2, 0.25) is 0 Å². The number of carbonyl (C=O) groups is 4. The molecule has 0 fully saturated rings. The van der Waals surface area contributed by atoms with Crippen LogP contribution >= 0.6 is 0 Å². The van der Waals surface area contributed by atoms with E-state index in [1.807, 2.05) is 0 Å². The van der Waals surface area contributed by atoms with Gasteiger partial charge in [0.15, 0.2) is 0 Å². The molecule has 3 amide bonds. The number of carboxylic acid groups (broad SMARTS) is 1. The lowest BCUT2D eigenvalue weighted by Gasteiger charge is -2.23. The van der Waals surface area contributed by atoms with Gasteiger partial charge in [-0.2, -0.15) is 0 Å². The molecule has 0 radical (unpaired) electrons. The Bertz CT molecular complexity index is 1670. The summed E-state index contributed by atoms with van der Waals surface area (Å²) in [5.41, 5.74) is 13.3. The fraction of sp³-hybridized carbons (Fsp3) is 0.367. The van der Waals surface area contributed by atoms with Crippen LogP contribution in [0.25, 0.3) is 10.9 Å². The molecule has 0 aliphatic heterocycles. The predicted octanol–water partition coefficient (Wildman–Crippen LogP) is 0.613. The minimum absolute atomic E-state index is 0.0430. The van der Waals surface area contributed by atoms with Crippen molar-refractivity contribution >= 4 is 50.5 Å². The van der Waals surface area contributed by atoms with Gasteiger partial charge in [0.1, 0.15) is 23.7 Å². The number of aromatic amines is 1. The number of aromatic nitrogens is 1. The molecule has 15 nitrogen and oxygen atoms in total. The zero-order valence-electron chi connectivity index (χ0n) is 25.3. The number of nitrogens with two attached hydrogens (primary N) is 2. The fourth-order valence-corrected chi connectivity index (χ4v) is 5.27. The molecule has 1 heterocycles. The first-order valence-electron chi connectivity index (χ1n) is 14.5. The molecule has 248 valence electrons. The van der Waals surface area contributed by atoms with Crippen molar-refractivity contribution < 1.29 is 37.4 Å². The summed E-state index contributed by atoms with van der Waals surface area (Å²) in [6, 6.07) is 9.22. The van der Waals surface area contributed by atoms with Crippen molar-refractivity contribution in [1.82, 2.24) is 20.3 Å². The second-order valence-corrected chi connectivity index (χ2v) is 12.6. The molecule has 3 rings (SSSR count). The van der Waals surface area contributed by atoms with E-state index in [-0.39, 0.29) is 50.4 Å². The lowest BCUT2D eigenvalue weighted by Crippen LogP contribution is -2.54. The second kappa shape index (κ2) is 16.4. The number of H-pyrrole nitrogens is 1. The number of nitrogens with one attached hydrogen (secondary N) is 5. The van der Waals surface area contributed by atoms with Gasteiger partial charge in [0, 0.05) is 42.0 Å². The van der Waals surface area contributed by atoms with Crippen molar-refractivity contribution in [3.8, 4) is 5.75 Å². The first kappa shape index (κ1) is 35.5. The van der Waals surface area contributed by atoms with Crippen molar-refractivity contribution in [2.45, 2.75) is 57.7 Å². The minimum Gasteiger partial charge on any atom is -0.494 e. The third-order valence-corrected chi connectivity index (χ3v) is 8.43. The van der Waals surface area contributed by atoms with Crippen molar-refractivity contribution in [3.05, 3.63) is 65.4 Å². The Morgan fingerprint density at radius 2 is 1.74 bits per heavy atom. The molecule has 10 N–H and O–H groups in total. The van der Waals surface area contributed by atoms with E-state index in [4.69, 9.17) is 26.7 Å². The monoisotopic (exact) mass is 657 g/mol. The van der Waals surface area contributed by atoms with E-state index >= 15 is 0 Å². The Morgan fingerprint density at radius 1 is 1.02 bits per heavy atom. The smallest absolute Gasteiger partial charge is 0.303 e. The Kier molecular flexibility index (Phi) is 12.6. The third kappa shape index (κ3) is 10.9. The van der Waals surface area contributed by atoms with Crippen molar-refractivity contribution in [1.29, 1.82) is 5.41 Å². The number of primary amides is 1. The van der Waals surface area contributed by atoms with E-state index in [0.29, 0.717) is 39.8 Å². The molecule has 0 saturated carbocycles. The number of nitrogen functional groups attached to an aromatic ring is 1. The quantitative estimate of drug-likeness (QED) is 0.0509. The number of fused-ring (bicyclic) bond motifs is 1. The van der Waals surface area contributed by atoms with Crippen LogP contribution in [-0.2, 0) is 42.2 Å². The number of amidine groups is 1. The minimum atomic E-state index is -3.88. The maximum atomic E-state index is 13.6. The molecule has 2 atom stereocenters. The van der Waals surface area contributed by atoms with Crippen LogP contribution in [0, 0.1) is 5.41 Å². The number of sulfonamides is 1. The SMILES string of the molecule is CCS(=O)(=O)N[C@H](Cc1c[nH]c2ccc(OCCCC(=O)O)cc12)C(=O)N[C@@H](CCC(N)=O)C(=O)NCc1ccc(C(=N)N)cc1. The summed E-state index contributed by atoms with van der Waals surface area (Å²) in [5.74, 6) is -2.95. The van der Waals surface area contributed by atoms with Crippen LogP contribution in [0.5, 0.6) is 5.75 Å². The molecular weight excluding hydrogens is 618 g/mol. The highest BCUT2D eigenvalue weighted by Crippen LogP contribution is 2.25. The van der Waals surface area contributed by atoms with Gasteiger partial charge in [-0.15, -0.1) is 0 Å². The maximum Gasteiger partial charge on any atom is 0.303 e. The van der Waals surface area contributed by atoms with E-state index in [9.17, 15) is 27.6 Å². The molecule has 2 aromatic carbocycles. The van der Waals surface area contributed by atoms with Crippen LogP contribution in [0.1, 0.15) is 49.3 Å². The summed E-state index contributed by atoms with van der Waals surface area (Å²) in [5, 5.41) is 22.3. The average Bonchev–Trinajstić information content (AvgIpc) is 3.41. The Balaban J connectivity index is 1.79. The van der Waals surface area contributed by atoms with Gasteiger partial charge >= 0.3 is 5.97 Å². The summed E-state index contributed by atoms with van der Waals surface area (Å²) < 4.78 is 33.3. The highest BCUT2D eigenvalue weighted by atomic mass is 32.2. The summed E-state index contributed by atoms with van der Waals surface area (Å²) in [4.78, 5) is 52.1. The maximum absolute atomic E-state index is 13.6. The van der Waals surface area contributed by atoms with E-state index in [1.165, 1.54) is 6.92 Å². The molecule has 0 aliphatic rings. The van der Waals surface area contributed by atoms with Crippen LogP contribution in [-0.4, -0.2) is 72.5 Å². The first-order valence-corrected chi connectivity index (χ1v) is 16.2. The van der Waals surface area contributed by atoms with Gasteiger partial charge in [0.25, 0.3) is 0 Å². The van der Waals surface area contributed by atoms with E-state index in [1.54, 1.807) is 48.7 Å². The number of benzene rings is 2. The van der Waals surface area contributed by atoms with E-state index < -0.39 is 45.8 Å². The molecule has 0 bridgehead atoms. The molecule has 46 heavy (non-hydrogen) atoms. The molecule has 16 heteroatoms. The standard InChI is InChI=1S/C30H39N7O8S/c1-2-46(43,44)37-25(14-20-17-34-23-10-9-21(15-22(20)23)45-13-3-4-27(39)40)30(42)36-24(11-12-26(31)38)29(41)35-16-18-5-7-19(8-6-18)28(32)33/h5-10,15,17,24-25,34,37H,2-4,11-14,16H2,1H3,(H2,31,38)(H3,32,33)(H,35,41)(H,36,42)(H,39,40)/t24-,25+/m0/s1. The van der Waals surface area contributed by atoms with E-state index in [2.05, 4.69) is 20.3 Å². The van der Waals surface area contributed by atoms with Gasteiger partial charge in [-0.05, 0) is 55.5 Å². The molecule has 0 saturated heterocycles.